The first-order chi connectivity index (χ1) is 8.81. The van der Waals surface area contributed by atoms with Gasteiger partial charge >= 0.3 is 12.3 Å². The number of benzene rings is 1. The molecular formula is C12H12BrF3O3. The second-order valence-corrected chi connectivity index (χ2v) is 4.47. The molecule has 0 aromatic heterocycles. The van der Waals surface area contributed by atoms with Crippen molar-refractivity contribution < 1.29 is 27.4 Å². The van der Waals surface area contributed by atoms with E-state index < -0.39 is 6.36 Å². The van der Waals surface area contributed by atoms with Crippen molar-refractivity contribution in [3.63, 3.8) is 0 Å². The summed E-state index contributed by atoms with van der Waals surface area (Å²) in [7, 11) is 0. The first kappa shape index (κ1) is 15.8. The van der Waals surface area contributed by atoms with Gasteiger partial charge in [-0.15, -0.1) is 13.2 Å². The largest absolute Gasteiger partial charge is 0.573 e. The van der Waals surface area contributed by atoms with Gasteiger partial charge in [0, 0.05) is 6.42 Å². The van der Waals surface area contributed by atoms with Crippen LogP contribution in [0.5, 0.6) is 5.75 Å². The Morgan fingerprint density at radius 1 is 1.37 bits per heavy atom. The molecule has 1 rings (SSSR count). The molecule has 0 N–H and O–H groups in total. The van der Waals surface area contributed by atoms with Crippen LogP contribution in [0.3, 0.4) is 0 Å². The number of rotatable bonds is 5. The molecule has 0 saturated carbocycles. The van der Waals surface area contributed by atoms with Gasteiger partial charge in [0.05, 0.1) is 11.1 Å². The maximum absolute atomic E-state index is 12.1. The van der Waals surface area contributed by atoms with E-state index in [4.69, 9.17) is 4.74 Å². The van der Waals surface area contributed by atoms with Crippen LogP contribution in [0.25, 0.3) is 0 Å². The van der Waals surface area contributed by atoms with E-state index in [9.17, 15) is 18.0 Å². The van der Waals surface area contributed by atoms with Crippen LogP contribution in [0.15, 0.2) is 22.7 Å². The van der Waals surface area contributed by atoms with Gasteiger partial charge < -0.3 is 9.47 Å². The minimum absolute atomic E-state index is 0.180. The quantitative estimate of drug-likeness (QED) is 0.764. The average Bonchev–Trinajstić information content (AvgIpc) is 2.28. The number of carbonyl (C=O) groups excluding carboxylic acids is 1. The number of alkyl halides is 3. The third kappa shape index (κ3) is 5.96. The van der Waals surface area contributed by atoms with E-state index in [1.54, 1.807) is 6.92 Å². The van der Waals surface area contributed by atoms with Crippen LogP contribution in [0.1, 0.15) is 18.9 Å². The molecule has 0 fully saturated rings. The normalized spacial score (nSPS) is 11.2. The Hall–Kier alpha value is -1.24. The summed E-state index contributed by atoms with van der Waals surface area (Å²) in [5.41, 5.74) is 0.717. The van der Waals surface area contributed by atoms with Crippen molar-refractivity contribution in [2.45, 2.75) is 26.1 Å². The van der Waals surface area contributed by atoms with Gasteiger partial charge in [-0.3, -0.25) is 4.79 Å². The topological polar surface area (TPSA) is 35.5 Å². The maximum atomic E-state index is 12.1. The fraction of sp³-hybridized carbons (Fsp3) is 0.417. The van der Waals surface area contributed by atoms with Gasteiger partial charge in [-0.25, -0.2) is 0 Å². The summed E-state index contributed by atoms with van der Waals surface area (Å²) >= 11 is 3.00. The van der Waals surface area contributed by atoms with Gasteiger partial charge in [0.2, 0.25) is 0 Å². The Kier molecular flexibility index (Phi) is 5.65. The molecule has 106 valence electrons. The predicted molar refractivity (Wildman–Crippen MR) is 65.8 cm³/mol. The van der Waals surface area contributed by atoms with Crippen LogP contribution in [-0.4, -0.2) is 18.9 Å². The summed E-state index contributed by atoms with van der Waals surface area (Å²) in [5.74, 6) is -0.651. The molecule has 0 aliphatic heterocycles. The van der Waals surface area contributed by atoms with Gasteiger partial charge in [-0.05, 0) is 47.0 Å². The highest BCUT2D eigenvalue weighted by Crippen LogP contribution is 2.31. The summed E-state index contributed by atoms with van der Waals surface area (Å²) in [6.07, 6.45) is -4.15. The lowest BCUT2D eigenvalue weighted by molar-refractivity contribution is -0.274. The minimum atomic E-state index is -4.73. The van der Waals surface area contributed by atoms with Gasteiger partial charge in [0.15, 0.2) is 0 Å². The fourth-order valence-corrected chi connectivity index (χ4v) is 1.89. The number of carbonyl (C=O) groups is 1. The van der Waals surface area contributed by atoms with Crippen molar-refractivity contribution >= 4 is 21.9 Å². The van der Waals surface area contributed by atoms with Crippen molar-refractivity contribution in [2.75, 3.05) is 6.61 Å². The lowest BCUT2D eigenvalue weighted by Crippen LogP contribution is -2.17. The van der Waals surface area contributed by atoms with Gasteiger partial charge in [0.1, 0.15) is 5.75 Å². The third-order valence-electron chi connectivity index (χ3n) is 2.15. The van der Waals surface area contributed by atoms with E-state index in [0.29, 0.717) is 13.0 Å². The highest BCUT2D eigenvalue weighted by atomic mass is 79.9. The monoisotopic (exact) mass is 340 g/mol. The molecule has 7 heteroatoms. The molecule has 0 atom stereocenters. The molecule has 0 bridgehead atoms. The van der Waals surface area contributed by atoms with E-state index in [0.717, 1.165) is 5.56 Å². The van der Waals surface area contributed by atoms with Crippen molar-refractivity contribution in [3.05, 3.63) is 28.2 Å². The smallest absolute Gasteiger partial charge is 0.466 e. The Balaban J connectivity index is 2.64. The molecule has 0 aliphatic carbocycles. The Labute approximate surface area is 116 Å². The molecule has 0 heterocycles. The van der Waals surface area contributed by atoms with Crippen LogP contribution in [-0.2, 0) is 16.0 Å². The summed E-state index contributed by atoms with van der Waals surface area (Å²) in [6.45, 7) is 2.01. The van der Waals surface area contributed by atoms with Gasteiger partial charge in [0.25, 0.3) is 0 Å². The molecule has 0 radical (unpaired) electrons. The third-order valence-corrected chi connectivity index (χ3v) is 2.76. The molecule has 0 unspecified atom stereocenters. The second-order valence-electron chi connectivity index (χ2n) is 3.62. The molecule has 1 aromatic rings. The van der Waals surface area contributed by atoms with Crippen LogP contribution in [0.2, 0.25) is 0 Å². The summed E-state index contributed by atoms with van der Waals surface area (Å²) < 4.78 is 44.9. The number of halogens is 4. The number of aryl methyl sites for hydroxylation is 1. The average molecular weight is 341 g/mol. The van der Waals surface area contributed by atoms with Crippen molar-refractivity contribution in [3.8, 4) is 5.75 Å². The summed E-state index contributed by atoms with van der Waals surface area (Å²) in [6, 6.07) is 4.17. The maximum Gasteiger partial charge on any atom is 0.573 e. The lowest BCUT2D eigenvalue weighted by Gasteiger charge is -2.11. The second kappa shape index (κ2) is 6.79. The van der Waals surface area contributed by atoms with E-state index in [-0.39, 0.29) is 22.6 Å². The zero-order valence-corrected chi connectivity index (χ0v) is 11.7. The minimum Gasteiger partial charge on any atom is -0.466 e. The Morgan fingerprint density at radius 3 is 2.58 bits per heavy atom. The summed E-state index contributed by atoms with van der Waals surface area (Å²) in [5, 5.41) is 0. The van der Waals surface area contributed by atoms with E-state index in [1.807, 2.05) is 0 Å². The van der Waals surface area contributed by atoms with E-state index >= 15 is 0 Å². The molecular weight excluding hydrogens is 329 g/mol. The van der Waals surface area contributed by atoms with Crippen molar-refractivity contribution in [1.82, 2.24) is 0 Å². The molecule has 0 aliphatic rings. The first-order valence-corrected chi connectivity index (χ1v) is 6.31. The zero-order chi connectivity index (χ0) is 14.5. The lowest BCUT2D eigenvalue weighted by atomic mass is 10.1. The van der Waals surface area contributed by atoms with Crippen molar-refractivity contribution in [1.29, 1.82) is 0 Å². The Morgan fingerprint density at radius 2 is 2.05 bits per heavy atom. The van der Waals surface area contributed by atoms with Crippen LogP contribution in [0.4, 0.5) is 13.2 Å². The van der Waals surface area contributed by atoms with Gasteiger partial charge in [-0.2, -0.15) is 0 Å². The molecule has 19 heavy (non-hydrogen) atoms. The Bertz CT molecular complexity index is 446. The predicted octanol–water partition coefficient (Wildman–Crippen LogP) is 3.84. The van der Waals surface area contributed by atoms with Gasteiger partial charge in [-0.1, -0.05) is 6.07 Å². The van der Waals surface area contributed by atoms with E-state index in [1.165, 1.54) is 18.2 Å². The molecule has 0 spiro atoms. The van der Waals surface area contributed by atoms with Crippen LogP contribution in [0, 0.1) is 0 Å². The number of hydrogen-bond acceptors (Lipinski definition) is 3. The fourth-order valence-electron chi connectivity index (χ4n) is 1.39. The van der Waals surface area contributed by atoms with Crippen LogP contribution < -0.4 is 4.74 Å². The SMILES string of the molecule is CCOC(=O)CCc1ccc(OC(F)(F)F)c(Br)c1. The number of esters is 1. The summed E-state index contributed by atoms with van der Waals surface area (Å²) in [4.78, 5) is 11.1. The molecule has 0 amide bonds. The molecule has 1 aromatic carbocycles. The number of ether oxygens (including phenoxy) is 2. The standard InChI is InChI=1S/C12H12BrF3O3/c1-2-18-11(17)6-4-8-3-5-10(9(13)7-8)19-12(14,15)16/h3,5,7H,2,4,6H2,1H3. The highest BCUT2D eigenvalue weighted by molar-refractivity contribution is 9.10. The van der Waals surface area contributed by atoms with Crippen molar-refractivity contribution in [2.24, 2.45) is 0 Å². The first-order valence-electron chi connectivity index (χ1n) is 5.51. The highest BCUT2D eigenvalue weighted by Gasteiger charge is 2.31. The van der Waals surface area contributed by atoms with E-state index in [2.05, 4.69) is 20.7 Å². The zero-order valence-electron chi connectivity index (χ0n) is 10.1. The molecule has 3 nitrogen and oxygen atoms in total. The molecule has 0 saturated heterocycles. The number of hydrogen-bond donors (Lipinski definition) is 0. The van der Waals surface area contributed by atoms with Crippen LogP contribution >= 0.6 is 15.9 Å².